The van der Waals surface area contributed by atoms with Crippen molar-refractivity contribution in [3.63, 3.8) is 0 Å². The van der Waals surface area contributed by atoms with Crippen molar-refractivity contribution >= 4 is 11.7 Å². The number of rotatable bonds is 3. The lowest BCUT2D eigenvalue weighted by atomic mass is 10.1. The molecule has 132 valence electrons. The molecule has 1 aliphatic rings. The second-order valence-corrected chi connectivity index (χ2v) is 6.28. The molecule has 0 saturated carbocycles. The van der Waals surface area contributed by atoms with Crippen molar-refractivity contribution in [2.24, 2.45) is 0 Å². The summed E-state index contributed by atoms with van der Waals surface area (Å²) in [5.41, 5.74) is 2.07. The summed E-state index contributed by atoms with van der Waals surface area (Å²) in [5.74, 6) is -1.54. The van der Waals surface area contributed by atoms with Gasteiger partial charge in [0.25, 0.3) is 0 Å². The minimum atomic E-state index is -0.772. The number of aryl methyl sites for hydroxylation is 1. The quantitative estimate of drug-likeness (QED) is 0.922. The van der Waals surface area contributed by atoms with Crippen molar-refractivity contribution < 1.29 is 13.6 Å². The number of nitrogens with one attached hydrogen (secondary N) is 1. The Balaban J connectivity index is 1.53. The third-order valence-electron chi connectivity index (χ3n) is 4.38. The highest BCUT2D eigenvalue weighted by molar-refractivity contribution is 5.89. The fraction of sp³-hybridized carbons (Fsp3) is 0.316. The normalized spacial score (nSPS) is 15.2. The zero-order chi connectivity index (χ0) is 17.8. The van der Waals surface area contributed by atoms with Crippen LogP contribution in [0.2, 0.25) is 0 Å². The summed E-state index contributed by atoms with van der Waals surface area (Å²) in [6, 6.07) is 11.4. The van der Waals surface area contributed by atoms with Crippen molar-refractivity contribution in [2.75, 3.05) is 31.5 Å². The number of piperazine rings is 1. The van der Waals surface area contributed by atoms with Gasteiger partial charge in [0, 0.05) is 32.7 Å². The Morgan fingerprint density at radius 2 is 1.60 bits per heavy atom. The molecule has 2 amide bonds. The van der Waals surface area contributed by atoms with Crippen LogP contribution in [0.5, 0.6) is 0 Å². The number of carbonyl (C=O) groups excluding carboxylic acids is 1. The van der Waals surface area contributed by atoms with Gasteiger partial charge in [-0.25, -0.2) is 13.6 Å². The predicted octanol–water partition coefficient (Wildman–Crippen LogP) is 3.62. The van der Waals surface area contributed by atoms with Crippen molar-refractivity contribution in [1.29, 1.82) is 0 Å². The number of benzene rings is 2. The van der Waals surface area contributed by atoms with Crippen LogP contribution in [0.1, 0.15) is 11.1 Å². The van der Waals surface area contributed by atoms with Gasteiger partial charge in [-0.05, 0) is 24.6 Å². The maximum Gasteiger partial charge on any atom is 0.322 e. The molecule has 2 aromatic carbocycles. The van der Waals surface area contributed by atoms with Gasteiger partial charge in [0.15, 0.2) is 0 Å². The largest absolute Gasteiger partial charge is 0.322 e. The number of amides is 2. The number of hydrogen-bond donors (Lipinski definition) is 1. The SMILES string of the molecule is Cc1ccc(CN2CCN(C(=O)Nc3c(F)cccc3F)CC2)cc1. The van der Waals surface area contributed by atoms with Gasteiger partial charge in [-0.15, -0.1) is 0 Å². The molecule has 1 fully saturated rings. The van der Waals surface area contributed by atoms with Gasteiger partial charge in [0.1, 0.15) is 17.3 Å². The summed E-state index contributed by atoms with van der Waals surface area (Å²) in [6.45, 7) is 5.38. The summed E-state index contributed by atoms with van der Waals surface area (Å²) in [6.07, 6.45) is 0. The average Bonchev–Trinajstić information content (AvgIpc) is 2.61. The van der Waals surface area contributed by atoms with Crippen molar-refractivity contribution in [3.05, 3.63) is 65.2 Å². The van der Waals surface area contributed by atoms with Crippen LogP contribution < -0.4 is 5.32 Å². The van der Waals surface area contributed by atoms with Gasteiger partial charge in [-0.1, -0.05) is 35.9 Å². The lowest BCUT2D eigenvalue weighted by Gasteiger charge is -2.34. The van der Waals surface area contributed by atoms with E-state index in [1.165, 1.54) is 17.2 Å². The number of para-hydroxylation sites is 1. The molecule has 0 spiro atoms. The molecule has 3 rings (SSSR count). The molecule has 1 heterocycles. The van der Waals surface area contributed by atoms with E-state index in [-0.39, 0.29) is 0 Å². The summed E-state index contributed by atoms with van der Waals surface area (Å²) in [5, 5.41) is 2.34. The van der Waals surface area contributed by atoms with Gasteiger partial charge < -0.3 is 10.2 Å². The highest BCUT2D eigenvalue weighted by Gasteiger charge is 2.22. The molecule has 0 radical (unpaired) electrons. The highest BCUT2D eigenvalue weighted by Crippen LogP contribution is 2.19. The minimum Gasteiger partial charge on any atom is -0.322 e. The Labute approximate surface area is 146 Å². The van der Waals surface area contributed by atoms with E-state index in [4.69, 9.17) is 0 Å². The number of halogens is 2. The molecule has 1 aliphatic heterocycles. The van der Waals surface area contributed by atoms with Gasteiger partial charge >= 0.3 is 6.03 Å². The molecule has 0 bridgehead atoms. The first-order chi connectivity index (χ1) is 12.0. The first-order valence-electron chi connectivity index (χ1n) is 8.31. The Morgan fingerprint density at radius 3 is 2.20 bits per heavy atom. The van der Waals surface area contributed by atoms with Crippen molar-refractivity contribution in [1.82, 2.24) is 9.80 Å². The third-order valence-corrected chi connectivity index (χ3v) is 4.38. The molecule has 25 heavy (non-hydrogen) atoms. The second kappa shape index (κ2) is 7.61. The fourth-order valence-corrected chi connectivity index (χ4v) is 2.86. The van der Waals surface area contributed by atoms with Crippen LogP contribution in [-0.4, -0.2) is 42.0 Å². The number of urea groups is 1. The van der Waals surface area contributed by atoms with Gasteiger partial charge in [0.05, 0.1) is 0 Å². The first-order valence-corrected chi connectivity index (χ1v) is 8.31. The van der Waals surface area contributed by atoms with Gasteiger partial charge in [0.2, 0.25) is 0 Å². The highest BCUT2D eigenvalue weighted by atomic mass is 19.1. The van der Waals surface area contributed by atoms with Crippen molar-refractivity contribution in [3.8, 4) is 0 Å². The molecule has 4 nitrogen and oxygen atoms in total. The van der Waals surface area contributed by atoms with E-state index in [0.29, 0.717) is 13.1 Å². The Kier molecular flexibility index (Phi) is 5.28. The monoisotopic (exact) mass is 345 g/mol. The molecule has 1 N–H and O–H groups in total. The average molecular weight is 345 g/mol. The minimum absolute atomic E-state index is 0.394. The first kappa shape index (κ1) is 17.4. The molecule has 2 aromatic rings. The molecule has 1 saturated heterocycles. The van der Waals surface area contributed by atoms with E-state index < -0.39 is 23.4 Å². The number of anilines is 1. The summed E-state index contributed by atoms with van der Waals surface area (Å²) >= 11 is 0. The van der Waals surface area contributed by atoms with E-state index in [0.717, 1.165) is 31.8 Å². The van der Waals surface area contributed by atoms with Crippen LogP contribution in [0.25, 0.3) is 0 Å². The Hall–Kier alpha value is -2.47. The van der Waals surface area contributed by atoms with E-state index >= 15 is 0 Å². The predicted molar refractivity (Wildman–Crippen MR) is 93.4 cm³/mol. The maximum absolute atomic E-state index is 13.6. The lowest BCUT2D eigenvalue weighted by molar-refractivity contribution is 0.143. The second-order valence-electron chi connectivity index (χ2n) is 6.28. The van der Waals surface area contributed by atoms with E-state index in [2.05, 4.69) is 41.4 Å². The summed E-state index contributed by atoms with van der Waals surface area (Å²) < 4.78 is 27.3. The van der Waals surface area contributed by atoms with E-state index in [9.17, 15) is 13.6 Å². The molecule has 6 heteroatoms. The molecular weight excluding hydrogens is 324 g/mol. The number of nitrogens with zero attached hydrogens (tertiary/aromatic N) is 2. The lowest BCUT2D eigenvalue weighted by Crippen LogP contribution is -2.49. The molecule has 0 unspecified atom stereocenters. The Morgan fingerprint density at radius 1 is 1.00 bits per heavy atom. The molecule has 0 atom stereocenters. The number of hydrogen-bond acceptors (Lipinski definition) is 2. The zero-order valence-corrected chi connectivity index (χ0v) is 14.1. The molecule has 0 aromatic heterocycles. The van der Waals surface area contributed by atoms with Crippen LogP contribution >= 0.6 is 0 Å². The topological polar surface area (TPSA) is 35.6 Å². The van der Waals surface area contributed by atoms with Crippen LogP contribution in [0, 0.1) is 18.6 Å². The smallest absolute Gasteiger partial charge is 0.322 e. The zero-order valence-electron chi connectivity index (χ0n) is 14.1. The van der Waals surface area contributed by atoms with E-state index in [1.807, 2.05) is 0 Å². The Bertz CT molecular complexity index is 721. The fourth-order valence-electron chi connectivity index (χ4n) is 2.86. The van der Waals surface area contributed by atoms with Gasteiger partial charge in [-0.2, -0.15) is 0 Å². The number of carbonyl (C=O) groups is 1. The molecular formula is C19H21F2N3O. The molecule has 0 aliphatic carbocycles. The standard InChI is InChI=1S/C19H21F2N3O/c1-14-5-7-15(8-6-14)13-23-9-11-24(12-10-23)19(25)22-18-16(20)3-2-4-17(18)21/h2-8H,9-13H2,1H3,(H,22,25). The van der Waals surface area contributed by atoms with E-state index in [1.54, 1.807) is 4.90 Å². The van der Waals surface area contributed by atoms with Crippen molar-refractivity contribution in [2.45, 2.75) is 13.5 Å². The van der Waals surface area contributed by atoms with Crippen LogP contribution in [0.15, 0.2) is 42.5 Å². The van der Waals surface area contributed by atoms with Crippen LogP contribution in [-0.2, 0) is 6.54 Å². The van der Waals surface area contributed by atoms with Crippen LogP contribution in [0.3, 0.4) is 0 Å². The summed E-state index contributed by atoms with van der Waals surface area (Å²) in [4.78, 5) is 16.1. The van der Waals surface area contributed by atoms with Gasteiger partial charge in [-0.3, -0.25) is 4.90 Å². The third kappa shape index (κ3) is 4.33. The maximum atomic E-state index is 13.6. The van der Waals surface area contributed by atoms with Crippen LogP contribution in [0.4, 0.5) is 19.3 Å². The summed E-state index contributed by atoms with van der Waals surface area (Å²) in [7, 11) is 0.